The van der Waals surface area contributed by atoms with Crippen molar-refractivity contribution in [3.05, 3.63) is 0 Å². The van der Waals surface area contributed by atoms with Crippen LogP contribution in [0.25, 0.3) is 0 Å². The van der Waals surface area contributed by atoms with E-state index in [9.17, 15) is 8.78 Å². The Morgan fingerprint density at radius 2 is 0.329 bits per heavy atom. The van der Waals surface area contributed by atoms with Gasteiger partial charge in [0.2, 0.25) is 0 Å². The first kappa shape index (κ1) is 48.2. The third kappa shape index (κ3) is 11.7. The zero-order chi connectivity index (χ0) is 47.0. The van der Waals surface area contributed by atoms with Crippen LogP contribution in [0.5, 0.6) is 0 Å². The van der Waals surface area contributed by atoms with Crippen LogP contribution in [0.2, 0.25) is 0 Å². The van der Waals surface area contributed by atoms with E-state index in [1.54, 1.807) is 218 Å². The van der Waals surface area contributed by atoms with Gasteiger partial charge >= 0.3 is 0 Å². The topological polar surface area (TPSA) is 0 Å². The third-order valence-electron chi connectivity index (χ3n) is 26.5. The normalized spacial score (nSPS) is 58.8. The van der Waals surface area contributed by atoms with Crippen molar-refractivity contribution in [3.8, 4) is 0 Å². The lowest BCUT2D eigenvalue weighted by Gasteiger charge is -2.60. The molecule has 394 valence electrons. The summed E-state index contributed by atoms with van der Waals surface area (Å²) in [4.78, 5) is 0. The van der Waals surface area contributed by atoms with Crippen molar-refractivity contribution >= 4 is 0 Å². The molecule has 0 nitrogen and oxygen atoms in total. The monoisotopic (exact) mass is 963 g/mol. The van der Waals surface area contributed by atoms with Gasteiger partial charge in [-0.3, -0.25) is 0 Å². The average Bonchev–Trinajstić information content (AvgIpc) is 4.09. The van der Waals surface area contributed by atoms with E-state index in [0.717, 1.165) is 61.2 Å². The number of hydrogen-bond donors (Lipinski definition) is 0. The maximum Gasteiger partial charge on any atom is 0.111 e. The first-order chi connectivity index (χ1) is 33.8. The van der Waals surface area contributed by atoms with Crippen molar-refractivity contribution in [1.82, 2.24) is 0 Å². The summed E-state index contributed by atoms with van der Waals surface area (Å²) in [5.41, 5.74) is 0.463. The number of rotatable bonds is 0. The minimum atomic E-state index is -0.634. The minimum Gasteiger partial charge on any atom is -0.244 e. The first-order valence-corrected chi connectivity index (χ1v) is 33.1. The number of fused-ring (bicyclic) bond motifs is 7. The summed E-state index contributed by atoms with van der Waals surface area (Å²) >= 11 is 0. The van der Waals surface area contributed by atoms with E-state index in [0.29, 0.717) is 0 Å². The van der Waals surface area contributed by atoms with Gasteiger partial charge in [-0.15, -0.1) is 0 Å². The summed E-state index contributed by atoms with van der Waals surface area (Å²) in [5.74, 6) is 25.9. The lowest BCUT2D eigenvalue weighted by Crippen LogP contribution is -2.54. The highest BCUT2D eigenvalue weighted by molar-refractivity contribution is 5.09. The molecule has 35 rings (SSSR count). The molecule has 0 aromatic heterocycles. The highest BCUT2D eigenvalue weighted by Gasteiger charge is 2.58. The van der Waals surface area contributed by atoms with Gasteiger partial charge in [-0.25, -0.2) is 8.78 Å². The molecular weight excluding hydrogens is 855 g/mol. The van der Waals surface area contributed by atoms with E-state index in [4.69, 9.17) is 0 Å². The predicted octanol–water partition coefficient (Wildman–Crippen LogP) is 19.8. The molecule has 35 saturated carbocycles. The molecule has 4 atom stereocenters. The Labute approximate surface area is 429 Å². The zero-order valence-corrected chi connectivity index (χ0v) is 45.7. The quantitative estimate of drug-likeness (QED) is 0.227. The molecule has 35 fully saturated rings. The molecule has 0 radical (unpaired) electrons. The van der Waals surface area contributed by atoms with Crippen LogP contribution >= 0.6 is 0 Å². The molecule has 0 aromatic rings. The molecule has 0 saturated heterocycles. The van der Waals surface area contributed by atoms with Crippen LogP contribution in [-0.2, 0) is 0 Å². The molecular formula is C68H108F2. The van der Waals surface area contributed by atoms with Gasteiger partial charge in [-0.05, 0) is 359 Å². The number of halogens is 2. The van der Waals surface area contributed by atoms with E-state index in [1.807, 2.05) is 0 Å². The maximum absolute atomic E-state index is 12.3. The van der Waals surface area contributed by atoms with Crippen LogP contribution in [0.15, 0.2) is 0 Å². The number of hydrogen-bond acceptors (Lipinski definition) is 0. The zero-order valence-electron chi connectivity index (χ0n) is 45.7. The van der Waals surface area contributed by atoms with Crippen LogP contribution in [0.3, 0.4) is 0 Å². The summed E-state index contributed by atoms with van der Waals surface area (Å²) in [6.45, 7) is 4.79. The Bertz CT molecular complexity index is 1400. The van der Waals surface area contributed by atoms with E-state index in [2.05, 4.69) is 13.8 Å². The molecule has 0 spiro atoms. The second-order valence-electron chi connectivity index (χ2n) is 33.7. The second-order valence-corrected chi connectivity index (χ2v) is 33.7. The van der Waals surface area contributed by atoms with Gasteiger partial charge in [0.15, 0.2) is 0 Å². The Hall–Kier alpha value is -0.140. The van der Waals surface area contributed by atoms with Crippen LogP contribution in [-0.4, -0.2) is 11.3 Å². The maximum atomic E-state index is 12.3. The molecule has 0 amide bonds. The lowest BCUT2D eigenvalue weighted by molar-refractivity contribution is -0.128. The van der Waals surface area contributed by atoms with Gasteiger partial charge in [-0.2, -0.15) is 0 Å². The fourth-order valence-corrected chi connectivity index (χ4v) is 17.9. The fraction of sp³-hybridized carbons (Fsp3) is 1.00. The van der Waals surface area contributed by atoms with Crippen molar-refractivity contribution in [2.45, 2.75) is 282 Å². The summed E-state index contributed by atoms with van der Waals surface area (Å²) in [7, 11) is 0. The first-order valence-electron chi connectivity index (χ1n) is 33.1. The lowest BCUT2D eigenvalue weighted by atomic mass is 9.45. The van der Waals surface area contributed by atoms with Crippen molar-refractivity contribution in [3.63, 3.8) is 0 Å². The van der Waals surface area contributed by atoms with Crippen LogP contribution in [0, 0.1) is 141 Å². The molecule has 0 N–H and O–H groups in total. The molecule has 18 bridgehead atoms. The number of alkyl halides is 2. The second kappa shape index (κ2) is 18.8. The molecule has 2 heteroatoms. The van der Waals surface area contributed by atoms with Crippen LogP contribution in [0.1, 0.15) is 271 Å². The molecule has 4 unspecified atom stereocenters. The van der Waals surface area contributed by atoms with E-state index in [-0.39, 0.29) is 0 Å². The Balaban J connectivity index is 0.0000000712. The molecule has 70 heavy (non-hydrogen) atoms. The van der Waals surface area contributed by atoms with Crippen LogP contribution in [0.4, 0.5) is 8.78 Å². The van der Waals surface area contributed by atoms with Crippen LogP contribution < -0.4 is 0 Å². The smallest absolute Gasteiger partial charge is 0.111 e. The van der Waals surface area contributed by atoms with E-state index >= 15 is 0 Å². The highest BCUT2D eigenvalue weighted by Crippen LogP contribution is 2.66. The minimum absolute atomic E-state index is 0.634. The van der Waals surface area contributed by atoms with Crippen molar-refractivity contribution in [2.75, 3.05) is 0 Å². The van der Waals surface area contributed by atoms with Gasteiger partial charge in [0.1, 0.15) is 11.3 Å². The molecule has 35 aliphatic carbocycles. The molecule has 0 heterocycles. The Morgan fingerprint density at radius 3 is 0.343 bits per heavy atom. The molecule has 0 aliphatic heterocycles. The summed E-state index contributed by atoms with van der Waals surface area (Å²) in [6, 6.07) is 0. The Morgan fingerprint density at radius 1 is 0.200 bits per heavy atom. The Kier molecular flexibility index (Phi) is 13.0. The summed E-state index contributed by atoms with van der Waals surface area (Å²) in [6.07, 6.45) is 58.7. The van der Waals surface area contributed by atoms with Crippen molar-refractivity contribution in [1.29, 1.82) is 0 Å². The molecule has 0 aromatic carbocycles. The van der Waals surface area contributed by atoms with Gasteiger partial charge in [0, 0.05) is 0 Å². The largest absolute Gasteiger partial charge is 0.244 e. The predicted molar refractivity (Wildman–Crippen MR) is 285 cm³/mol. The fourth-order valence-electron chi connectivity index (χ4n) is 17.9. The van der Waals surface area contributed by atoms with Gasteiger partial charge in [0.25, 0.3) is 0 Å². The van der Waals surface area contributed by atoms with E-state index < -0.39 is 11.3 Å². The average molecular weight is 964 g/mol. The van der Waals surface area contributed by atoms with E-state index in [1.165, 1.54) is 118 Å². The standard InChI is InChI=1S/5C6H10.2C5H7F.4C5H8.2C4H6/c2*1-6-2-5(3-6)4-6;3*1-2-6-3-5(1)4-6;2*6-5-1-4(2-5)3-5;2*1-4-2-5(1)3-4;2*1-2-5-3-4(1)5;2*1-3-2-4(1)3/h2*5H,2-4H2,1H3;3*5-6H,1-4H2;2*4H,1-3H2;4*4-5H,1-3H2;2*3-4H,1-2H2. The van der Waals surface area contributed by atoms with Gasteiger partial charge in [0.05, 0.1) is 0 Å². The molecule has 35 aliphatic rings. The summed E-state index contributed by atoms with van der Waals surface area (Å²) in [5, 5.41) is 0. The SMILES string of the molecule is C1C2CC12.C1C2CC12.C1C2CC1C2.C1C2CC1C2.C1CC2CC12.C1CC2CC12.C1CC2CC1C2.C1CC2CC1C2.C1CC2CC1C2.CC12CC(C1)C2.CC12CC(C1)C2.FC12CC(C1)C2.FC12CC(C1)C2. The van der Waals surface area contributed by atoms with Crippen molar-refractivity contribution < 1.29 is 8.78 Å². The van der Waals surface area contributed by atoms with Crippen molar-refractivity contribution in [2.24, 2.45) is 141 Å². The highest BCUT2D eigenvalue weighted by atomic mass is 19.1. The third-order valence-corrected chi connectivity index (χ3v) is 26.5. The summed E-state index contributed by atoms with van der Waals surface area (Å²) < 4.78 is 24.5. The van der Waals surface area contributed by atoms with Gasteiger partial charge in [-0.1, -0.05) is 52.4 Å². The van der Waals surface area contributed by atoms with Gasteiger partial charge < -0.3 is 0 Å².